The number of furan rings is 1. The number of aromatic nitrogens is 3. The van der Waals surface area contributed by atoms with E-state index in [4.69, 9.17) is 9.15 Å². The molecule has 2 aromatic heterocycles. The van der Waals surface area contributed by atoms with Gasteiger partial charge in [0.2, 0.25) is 5.91 Å². The van der Waals surface area contributed by atoms with Gasteiger partial charge in [-0.05, 0) is 24.3 Å². The third kappa shape index (κ3) is 3.43. The Morgan fingerprint density at radius 1 is 1.22 bits per heavy atom. The minimum absolute atomic E-state index is 0.0673. The van der Waals surface area contributed by atoms with Crippen LogP contribution in [0.4, 0.5) is 0 Å². The fourth-order valence-electron chi connectivity index (χ4n) is 3.02. The molecule has 0 radical (unpaired) electrons. The van der Waals surface area contributed by atoms with Crippen molar-refractivity contribution in [2.75, 3.05) is 6.54 Å². The maximum atomic E-state index is 12.3. The number of carbonyl (C=O) groups is 2. The van der Waals surface area contributed by atoms with E-state index in [1.165, 1.54) is 6.26 Å². The first kappa shape index (κ1) is 17.0. The molecule has 1 unspecified atom stereocenters. The molecule has 1 saturated heterocycles. The van der Waals surface area contributed by atoms with Gasteiger partial charge in [-0.1, -0.05) is 17.3 Å². The number of rotatable bonds is 5. The average Bonchev–Trinajstić information content (AvgIpc) is 3.32. The largest absolute Gasteiger partial charge is 0.467 e. The Labute approximate surface area is 153 Å². The Balaban J connectivity index is 1.39. The zero-order valence-electron chi connectivity index (χ0n) is 14.3. The molecule has 1 atom stereocenters. The second-order valence-electron chi connectivity index (χ2n) is 6.26. The molecule has 0 aliphatic carbocycles. The maximum absolute atomic E-state index is 12.3. The van der Waals surface area contributed by atoms with Crippen LogP contribution in [-0.4, -0.2) is 38.3 Å². The van der Waals surface area contributed by atoms with Crippen molar-refractivity contribution in [1.29, 1.82) is 0 Å². The number of nitrogens with zero attached hydrogens (tertiary/aromatic N) is 4. The average molecular weight is 368 g/mol. The topological polar surface area (TPSA) is 108 Å². The van der Waals surface area contributed by atoms with Crippen molar-refractivity contribution in [3.05, 3.63) is 58.8 Å². The highest BCUT2D eigenvalue weighted by molar-refractivity contribution is 5.86. The number of carbonyl (C=O) groups excluding carboxylic acids is 2. The Morgan fingerprint density at radius 2 is 2.07 bits per heavy atom. The molecule has 4 rings (SSSR count). The van der Waals surface area contributed by atoms with E-state index >= 15 is 0 Å². The lowest BCUT2D eigenvalue weighted by Crippen LogP contribution is -2.29. The van der Waals surface area contributed by atoms with Crippen LogP contribution in [0.3, 0.4) is 0 Å². The summed E-state index contributed by atoms with van der Waals surface area (Å²) in [5.74, 6) is -0.630. The van der Waals surface area contributed by atoms with E-state index in [0.29, 0.717) is 23.2 Å². The van der Waals surface area contributed by atoms with Crippen molar-refractivity contribution >= 4 is 22.8 Å². The van der Waals surface area contributed by atoms with Crippen molar-refractivity contribution in [2.24, 2.45) is 5.92 Å². The second-order valence-corrected chi connectivity index (χ2v) is 6.26. The molecule has 0 saturated carbocycles. The first-order valence-electron chi connectivity index (χ1n) is 8.41. The Hall–Kier alpha value is -3.49. The van der Waals surface area contributed by atoms with Gasteiger partial charge in [0.05, 0.1) is 24.1 Å². The lowest BCUT2D eigenvalue weighted by molar-refractivity contribution is -0.152. The lowest BCUT2D eigenvalue weighted by atomic mass is 10.1. The third-order valence-electron chi connectivity index (χ3n) is 4.43. The van der Waals surface area contributed by atoms with Crippen LogP contribution in [0.15, 0.2) is 51.9 Å². The minimum Gasteiger partial charge on any atom is -0.467 e. The number of benzene rings is 1. The summed E-state index contributed by atoms with van der Waals surface area (Å²) < 4.78 is 11.4. The van der Waals surface area contributed by atoms with Crippen LogP contribution in [0.2, 0.25) is 0 Å². The van der Waals surface area contributed by atoms with E-state index < -0.39 is 17.4 Å². The number of likely N-dealkylation sites (tertiary alicyclic amines) is 1. The van der Waals surface area contributed by atoms with E-state index in [2.05, 4.69) is 10.3 Å². The summed E-state index contributed by atoms with van der Waals surface area (Å²) in [6, 6.07) is 10.3. The molecular formula is C18H16N4O5. The normalized spacial score (nSPS) is 16.8. The summed E-state index contributed by atoms with van der Waals surface area (Å²) in [7, 11) is 0. The molecule has 1 aliphatic heterocycles. The van der Waals surface area contributed by atoms with Crippen molar-refractivity contribution in [1.82, 2.24) is 19.9 Å². The number of ether oxygens (including phenoxy) is 1. The highest BCUT2D eigenvalue weighted by atomic mass is 16.5. The first-order valence-corrected chi connectivity index (χ1v) is 8.41. The molecule has 9 heteroatoms. The van der Waals surface area contributed by atoms with Gasteiger partial charge in [-0.25, -0.2) is 0 Å². The van der Waals surface area contributed by atoms with Crippen LogP contribution < -0.4 is 5.56 Å². The Bertz CT molecular complexity index is 1040. The van der Waals surface area contributed by atoms with Crippen LogP contribution in [0.5, 0.6) is 0 Å². The van der Waals surface area contributed by atoms with Crippen LogP contribution >= 0.6 is 0 Å². The zero-order chi connectivity index (χ0) is 18.8. The van der Waals surface area contributed by atoms with E-state index in [1.807, 2.05) is 0 Å². The Kier molecular flexibility index (Phi) is 4.41. The summed E-state index contributed by atoms with van der Waals surface area (Å²) in [5, 5.41) is 8.10. The monoisotopic (exact) mass is 368 g/mol. The van der Waals surface area contributed by atoms with Gasteiger partial charge in [0.15, 0.2) is 6.73 Å². The molecule has 1 aliphatic rings. The summed E-state index contributed by atoms with van der Waals surface area (Å²) in [6.45, 7) is 0.209. The molecule has 9 nitrogen and oxygen atoms in total. The first-order chi connectivity index (χ1) is 13.1. The SMILES string of the molecule is O=C(OCn1nnc2ccccc2c1=O)C1CC(=O)N(Cc2ccco2)C1. The van der Waals surface area contributed by atoms with Gasteiger partial charge in [-0.15, -0.1) is 5.10 Å². The van der Waals surface area contributed by atoms with E-state index in [9.17, 15) is 14.4 Å². The molecule has 3 aromatic rings. The second kappa shape index (κ2) is 7.02. The van der Waals surface area contributed by atoms with Crippen LogP contribution in [-0.2, 0) is 27.6 Å². The standard InChI is InChI=1S/C18H16N4O5/c23-16-8-12(9-21(16)10-13-4-3-7-26-13)18(25)27-11-22-17(24)14-5-1-2-6-15(14)19-20-22/h1-7,12H,8-11H2. The smallest absolute Gasteiger partial charge is 0.313 e. The summed E-state index contributed by atoms with van der Waals surface area (Å²) in [6.07, 6.45) is 1.60. The van der Waals surface area contributed by atoms with Crippen molar-refractivity contribution in [3.8, 4) is 0 Å². The van der Waals surface area contributed by atoms with Crippen LogP contribution in [0, 0.1) is 5.92 Å². The minimum atomic E-state index is -0.587. The molecule has 138 valence electrons. The van der Waals surface area contributed by atoms with Gasteiger partial charge in [0.1, 0.15) is 11.3 Å². The summed E-state index contributed by atoms with van der Waals surface area (Å²) >= 11 is 0. The quantitative estimate of drug-likeness (QED) is 0.617. The van der Waals surface area contributed by atoms with E-state index in [-0.39, 0.29) is 25.6 Å². The van der Waals surface area contributed by atoms with Crippen molar-refractivity contribution < 1.29 is 18.7 Å². The third-order valence-corrected chi connectivity index (χ3v) is 4.43. The zero-order valence-corrected chi connectivity index (χ0v) is 14.3. The maximum Gasteiger partial charge on any atom is 0.313 e. The van der Waals surface area contributed by atoms with Crippen molar-refractivity contribution in [3.63, 3.8) is 0 Å². The number of esters is 1. The number of hydrogen-bond acceptors (Lipinski definition) is 7. The lowest BCUT2D eigenvalue weighted by Gasteiger charge is -2.14. The Morgan fingerprint density at radius 3 is 2.89 bits per heavy atom. The highest BCUT2D eigenvalue weighted by Crippen LogP contribution is 2.21. The number of amides is 1. The van der Waals surface area contributed by atoms with E-state index in [0.717, 1.165) is 4.68 Å². The number of fused-ring (bicyclic) bond motifs is 1. The molecular weight excluding hydrogens is 352 g/mol. The molecule has 0 bridgehead atoms. The van der Waals surface area contributed by atoms with Gasteiger partial charge in [-0.2, -0.15) is 4.68 Å². The number of hydrogen-bond donors (Lipinski definition) is 0. The molecule has 1 aromatic carbocycles. The fourth-order valence-corrected chi connectivity index (χ4v) is 3.02. The van der Waals surface area contributed by atoms with Gasteiger partial charge in [-0.3, -0.25) is 14.4 Å². The predicted octanol–water partition coefficient (Wildman–Crippen LogP) is 0.934. The molecule has 1 fully saturated rings. The molecule has 3 heterocycles. The molecule has 0 spiro atoms. The van der Waals surface area contributed by atoms with Gasteiger partial charge in [0.25, 0.3) is 5.56 Å². The highest BCUT2D eigenvalue weighted by Gasteiger charge is 2.35. The van der Waals surface area contributed by atoms with Gasteiger partial charge in [0, 0.05) is 13.0 Å². The van der Waals surface area contributed by atoms with Crippen molar-refractivity contribution in [2.45, 2.75) is 19.7 Å². The molecule has 0 N–H and O–H groups in total. The summed E-state index contributed by atoms with van der Waals surface area (Å²) in [4.78, 5) is 38.3. The molecule has 27 heavy (non-hydrogen) atoms. The van der Waals surface area contributed by atoms with E-state index in [1.54, 1.807) is 41.3 Å². The molecule has 1 amide bonds. The fraction of sp³-hybridized carbons (Fsp3) is 0.278. The summed E-state index contributed by atoms with van der Waals surface area (Å²) in [5.41, 5.74) is 0.0791. The predicted molar refractivity (Wildman–Crippen MR) is 92.1 cm³/mol. The van der Waals surface area contributed by atoms with Gasteiger partial charge >= 0.3 is 5.97 Å². The van der Waals surface area contributed by atoms with Crippen LogP contribution in [0.1, 0.15) is 12.2 Å². The van der Waals surface area contributed by atoms with Gasteiger partial charge < -0.3 is 14.1 Å². The van der Waals surface area contributed by atoms with Crippen LogP contribution in [0.25, 0.3) is 10.9 Å².